The lowest BCUT2D eigenvalue weighted by Crippen LogP contribution is -2.46. The number of nitrogens with zero attached hydrogens (tertiary/aromatic N) is 3. The second-order valence-electron chi connectivity index (χ2n) is 8.10. The highest BCUT2D eigenvalue weighted by molar-refractivity contribution is 7.89. The minimum atomic E-state index is -3.71. The summed E-state index contributed by atoms with van der Waals surface area (Å²) in [4.78, 5) is 19.8. The zero-order valence-corrected chi connectivity index (χ0v) is 19.8. The van der Waals surface area contributed by atoms with Gasteiger partial charge in [-0.2, -0.15) is 4.31 Å². The molecular weight excluding hydrogens is 477 g/mol. The summed E-state index contributed by atoms with van der Waals surface area (Å²) in [5, 5.41) is 0.351. The zero-order chi connectivity index (χ0) is 23.7. The Morgan fingerprint density at radius 3 is 2.71 bits per heavy atom. The number of carbonyl (C=O) groups is 1. The lowest BCUT2D eigenvalue weighted by atomic mass is 9.98. The number of hydrogen-bond acceptors (Lipinski definition) is 6. The Bertz CT molecular complexity index is 1400. The number of sulfonamides is 1. The van der Waals surface area contributed by atoms with Gasteiger partial charge in [0.1, 0.15) is 17.1 Å². The molecule has 1 aliphatic heterocycles. The highest BCUT2D eigenvalue weighted by atomic mass is 32.2. The van der Waals surface area contributed by atoms with Gasteiger partial charge in [-0.3, -0.25) is 9.69 Å². The van der Waals surface area contributed by atoms with Gasteiger partial charge in [0.25, 0.3) is 0 Å². The molecule has 1 aliphatic rings. The molecule has 176 valence electrons. The standard InChI is InChI=1S/C24H22FN3O4S2/c25-20-11-4-12-21-22(20)26-24(33-21)28(16-18-8-6-14-32-18)23(29)17-7-5-13-27(15-17)34(30,31)19-9-2-1-3-10-19/h1-4,6,8-12,14,17H,5,7,13,15-16H2. The fourth-order valence-electron chi connectivity index (χ4n) is 4.14. The number of halogens is 1. The van der Waals surface area contributed by atoms with Crippen molar-refractivity contribution in [2.45, 2.75) is 24.3 Å². The summed E-state index contributed by atoms with van der Waals surface area (Å²) in [5.41, 5.74) is 0.205. The Labute approximate surface area is 200 Å². The first-order chi connectivity index (χ1) is 16.4. The highest BCUT2D eigenvalue weighted by Crippen LogP contribution is 2.33. The maximum Gasteiger partial charge on any atom is 0.243 e. The molecular formula is C24H22FN3O4S2. The van der Waals surface area contributed by atoms with Gasteiger partial charge in [-0.05, 0) is 49.2 Å². The number of thiazole rings is 1. The number of para-hydroxylation sites is 1. The Morgan fingerprint density at radius 1 is 1.15 bits per heavy atom. The van der Waals surface area contributed by atoms with E-state index in [4.69, 9.17) is 4.42 Å². The van der Waals surface area contributed by atoms with Crippen LogP contribution in [0.15, 0.2) is 76.2 Å². The van der Waals surface area contributed by atoms with Crippen LogP contribution in [0, 0.1) is 11.7 Å². The lowest BCUT2D eigenvalue weighted by Gasteiger charge is -2.33. The minimum Gasteiger partial charge on any atom is -0.467 e. The molecule has 2 aromatic carbocycles. The number of furan rings is 1. The number of fused-ring (bicyclic) bond motifs is 1. The van der Waals surface area contributed by atoms with Gasteiger partial charge in [-0.1, -0.05) is 35.6 Å². The van der Waals surface area contributed by atoms with Gasteiger partial charge in [0.15, 0.2) is 5.13 Å². The molecule has 0 spiro atoms. The first-order valence-corrected chi connectivity index (χ1v) is 13.1. The number of piperidine rings is 1. The Morgan fingerprint density at radius 2 is 1.97 bits per heavy atom. The summed E-state index contributed by atoms with van der Waals surface area (Å²) in [7, 11) is -3.71. The summed E-state index contributed by atoms with van der Waals surface area (Å²) in [6, 6.07) is 16.4. The van der Waals surface area contributed by atoms with Gasteiger partial charge in [0.2, 0.25) is 15.9 Å². The summed E-state index contributed by atoms with van der Waals surface area (Å²) in [6.45, 7) is 0.546. The smallest absolute Gasteiger partial charge is 0.243 e. The summed E-state index contributed by atoms with van der Waals surface area (Å²) in [5.74, 6) is -0.719. The number of rotatable bonds is 6. The van der Waals surface area contributed by atoms with Crippen molar-refractivity contribution in [3.8, 4) is 0 Å². The van der Waals surface area contributed by atoms with E-state index in [0.29, 0.717) is 35.0 Å². The van der Waals surface area contributed by atoms with Crippen molar-refractivity contribution in [3.63, 3.8) is 0 Å². The van der Waals surface area contributed by atoms with E-state index in [1.54, 1.807) is 54.6 Å². The summed E-state index contributed by atoms with van der Waals surface area (Å²) < 4.78 is 48.0. The van der Waals surface area contributed by atoms with E-state index in [1.165, 1.54) is 32.9 Å². The Balaban J connectivity index is 1.45. The van der Waals surface area contributed by atoms with Gasteiger partial charge in [0.05, 0.1) is 28.3 Å². The molecule has 10 heteroatoms. The number of anilines is 1. The van der Waals surface area contributed by atoms with E-state index in [0.717, 1.165) is 0 Å². The number of carbonyl (C=O) groups excluding carboxylic acids is 1. The molecule has 5 rings (SSSR count). The van der Waals surface area contributed by atoms with E-state index in [1.807, 2.05) is 0 Å². The average molecular weight is 500 g/mol. The summed E-state index contributed by atoms with van der Waals surface area (Å²) in [6.07, 6.45) is 2.63. The molecule has 3 heterocycles. The summed E-state index contributed by atoms with van der Waals surface area (Å²) >= 11 is 1.22. The van der Waals surface area contributed by atoms with Crippen molar-refractivity contribution in [2.75, 3.05) is 18.0 Å². The predicted octanol–water partition coefficient (Wildman–Crippen LogP) is 4.66. The molecule has 0 aliphatic carbocycles. The van der Waals surface area contributed by atoms with Crippen LogP contribution in [0.25, 0.3) is 10.2 Å². The monoisotopic (exact) mass is 499 g/mol. The lowest BCUT2D eigenvalue weighted by molar-refractivity contribution is -0.123. The van der Waals surface area contributed by atoms with Gasteiger partial charge < -0.3 is 4.42 Å². The van der Waals surface area contributed by atoms with E-state index < -0.39 is 21.8 Å². The molecule has 1 unspecified atom stereocenters. The Hall–Kier alpha value is -3.08. The quantitative estimate of drug-likeness (QED) is 0.385. The first-order valence-electron chi connectivity index (χ1n) is 10.9. The third kappa shape index (κ3) is 4.36. The maximum absolute atomic E-state index is 14.3. The van der Waals surface area contributed by atoms with Crippen LogP contribution in [-0.4, -0.2) is 36.7 Å². The number of hydrogen-bond donors (Lipinski definition) is 0. The molecule has 7 nitrogen and oxygen atoms in total. The minimum absolute atomic E-state index is 0.0734. The first kappa shape index (κ1) is 22.7. The molecule has 1 atom stereocenters. The molecule has 0 saturated carbocycles. The third-order valence-corrected chi connectivity index (χ3v) is 8.79. The molecule has 2 aromatic heterocycles. The molecule has 0 radical (unpaired) electrons. The predicted molar refractivity (Wildman–Crippen MR) is 127 cm³/mol. The molecule has 1 amide bonds. The average Bonchev–Trinajstić information content (AvgIpc) is 3.53. The highest BCUT2D eigenvalue weighted by Gasteiger charge is 2.36. The van der Waals surface area contributed by atoms with Crippen LogP contribution in [0.4, 0.5) is 9.52 Å². The normalized spacial score (nSPS) is 17.1. The van der Waals surface area contributed by atoms with Crippen molar-refractivity contribution in [3.05, 3.63) is 78.5 Å². The third-order valence-electron chi connectivity index (χ3n) is 5.86. The van der Waals surface area contributed by atoms with Crippen molar-refractivity contribution in [1.82, 2.24) is 9.29 Å². The number of benzene rings is 2. The van der Waals surface area contributed by atoms with Crippen molar-refractivity contribution in [2.24, 2.45) is 5.92 Å². The van der Waals surface area contributed by atoms with Crippen molar-refractivity contribution >= 4 is 42.6 Å². The topological polar surface area (TPSA) is 83.7 Å². The van der Waals surface area contributed by atoms with Gasteiger partial charge in [-0.25, -0.2) is 17.8 Å². The van der Waals surface area contributed by atoms with Crippen LogP contribution in [0.3, 0.4) is 0 Å². The van der Waals surface area contributed by atoms with Crippen molar-refractivity contribution < 1.29 is 22.0 Å². The maximum atomic E-state index is 14.3. The zero-order valence-electron chi connectivity index (χ0n) is 18.1. The molecule has 1 saturated heterocycles. The molecule has 0 bridgehead atoms. The van der Waals surface area contributed by atoms with E-state index in [9.17, 15) is 17.6 Å². The van der Waals surface area contributed by atoms with Crippen molar-refractivity contribution in [1.29, 1.82) is 0 Å². The molecule has 4 aromatic rings. The van der Waals surface area contributed by atoms with Crippen LogP contribution in [0.2, 0.25) is 0 Å². The van der Waals surface area contributed by atoms with Gasteiger partial charge in [0, 0.05) is 13.1 Å². The van der Waals surface area contributed by atoms with Crippen LogP contribution < -0.4 is 4.90 Å². The second kappa shape index (κ2) is 9.28. The molecule has 1 fully saturated rings. The van der Waals surface area contributed by atoms with Crippen LogP contribution >= 0.6 is 11.3 Å². The van der Waals surface area contributed by atoms with E-state index >= 15 is 0 Å². The largest absolute Gasteiger partial charge is 0.467 e. The fraction of sp³-hybridized carbons (Fsp3) is 0.250. The van der Waals surface area contributed by atoms with Crippen LogP contribution in [-0.2, 0) is 21.4 Å². The van der Waals surface area contributed by atoms with Crippen LogP contribution in [0.1, 0.15) is 18.6 Å². The van der Waals surface area contributed by atoms with Gasteiger partial charge in [-0.15, -0.1) is 0 Å². The van der Waals surface area contributed by atoms with E-state index in [2.05, 4.69) is 4.98 Å². The van der Waals surface area contributed by atoms with Crippen LogP contribution in [0.5, 0.6) is 0 Å². The second-order valence-corrected chi connectivity index (χ2v) is 11.0. The van der Waals surface area contributed by atoms with Gasteiger partial charge >= 0.3 is 0 Å². The number of amides is 1. The molecule has 34 heavy (non-hydrogen) atoms. The van der Waals surface area contributed by atoms with E-state index in [-0.39, 0.29) is 29.4 Å². The SMILES string of the molecule is O=C(C1CCCN(S(=O)(=O)c2ccccc2)C1)N(Cc1ccco1)c1nc2c(F)cccc2s1. The fourth-order valence-corrected chi connectivity index (χ4v) is 6.67. The Kier molecular flexibility index (Phi) is 6.20. The molecule has 0 N–H and O–H groups in total. The number of aromatic nitrogens is 1.